The molecule has 0 aromatic carbocycles. The van der Waals surface area contributed by atoms with Gasteiger partial charge >= 0.3 is 0 Å². The third kappa shape index (κ3) is 1.15. The van der Waals surface area contributed by atoms with Crippen molar-refractivity contribution in [2.24, 2.45) is 5.73 Å². The Kier molecular flexibility index (Phi) is 1.72. The van der Waals surface area contributed by atoms with Gasteiger partial charge in [0.1, 0.15) is 0 Å². The van der Waals surface area contributed by atoms with Crippen LogP contribution in [0.3, 0.4) is 0 Å². The van der Waals surface area contributed by atoms with E-state index in [-0.39, 0.29) is 0 Å². The van der Waals surface area contributed by atoms with Crippen LogP contribution in [0.5, 0.6) is 0 Å². The molecule has 0 spiro atoms. The fraction of sp³-hybridized carbons (Fsp3) is 0.375. The molecular formula is C8H10N4. The average molecular weight is 162 g/mol. The van der Waals surface area contributed by atoms with Crippen LogP contribution in [-0.2, 0) is 13.1 Å². The van der Waals surface area contributed by atoms with E-state index in [2.05, 4.69) is 27.1 Å². The molecule has 4 heteroatoms. The van der Waals surface area contributed by atoms with Gasteiger partial charge in [-0.3, -0.25) is 10.00 Å². The maximum Gasteiger partial charge on any atom is 0.0626 e. The molecule has 1 aliphatic rings. The van der Waals surface area contributed by atoms with Crippen molar-refractivity contribution < 1.29 is 0 Å². The van der Waals surface area contributed by atoms with Gasteiger partial charge in [-0.1, -0.05) is 5.92 Å². The number of nitrogens with one attached hydrogen (secondary N) is 1. The molecule has 0 unspecified atom stereocenters. The number of H-pyrrole nitrogens is 1. The average Bonchev–Trinajstić information content (AvgIpc) is 2.58. The van der Waals surface area contributed by atoms with Crippen molar-refractivity contribution in [3.63, 3.8) is 0 Å². The summed E-state index contributed by atoms with van der Waals surface area (Å²) in [7, 11) is 0. The highest BCUT2D eigenvalue weighted by Gasteiger charge is 2.18. The lowest BCUT2D eigenvalue weighted by Gasteiger charge is -2.08. The van der Waals surface area contributed by atoms with E-state index in [1.165, 1.54) is 11.3 Å². The first-order valence-corrected chi connectivity index (χ1v) is 3.82. The third-order valence-corrected chi connectivity index (χ3v) is 1.99. The van der Waals surface area contributed by atoms with E-state index in [1.807, 2.05) is 6.20 Å². The van der Waals surface area contributed by atoms with Crippen LogP contribution in [0.25, 0.3) is 0 Å². The minimum Gasteiger partial charge on any atom is -0.359 e. The van der Waals surface area contributed by atoms with Crippen LogP contribution in [0.15, 0.2) is 6.20 Å². The standard InChI is InChI=1S/C8H10N4/c9-2-1-3-12-5-7-4-10-11-8(7)6-12/h4H,3,5-6,9H2,(H,10,11). The van der Waals surface area contributed by atoms with Crippen molar-refractivity contribution in [2.75, 3.05) is 6.54 Å². The fourth-order valence-corrected chi connectivity index (χ4v) is 1.40. The zero-order chi connectivity index (χ0) is 8.39. The Hall–Kier alpha value is -1.47. The number of nitrogens with zero attached hydrogens (tertiary/aromatic N) is 2. The normalized spacial score (nSPS) is 15.3. The summed E-state index contributed by atoms with van der Waals surface area (Å²) in [6, 6.07) is 2.40. The van der Waals surface area contributed by atoms with Gasteiger partial charge in [-0.05, 0) is 0 Å². The van der Waals surface area contributed by atoms with Gasteiger partial charge < -0.3 is 5.73 Å². The third-order valence-electron chi connectivity index (χ3n) is 1.99. The van der Waals surface area contributed by atoms with Gasteiger partial charge in [-0.25, -0.2) is 0 Å². The lowest BCUT2D eigenvalue weighted by Crippen LogP contribution is -2.17. The lowest BCUT2D eigenvalue weighted by atomic mass is 10.3. The van der Waals surface area contributed by atoms with Crippen molar-refractivity contribution >= 4 is 0 Å². The lowest BCUT2D eigenvalue weighted by molar-refractivity contribution is 0.318. The number of rotatable bonds is 1. The highest BCUT2D eigenvalue weighted by atomic mass is 15.2. The molecule has 1 aromatic rings. The van der Waals surface area contributed by atoms with Gasteiger partial charge in [-0.15, -0.1) is 0 Å². The van der Waals surface area contributed by atoms with Gasteiger partial charge in [-0.2, -0.15) is 5.10 Å². The molecule has 0 atom stereocenters. The SMILES string of the molecule is NC#CCN1Cc2cn[nH]c2C1. The van der Waals surface area contributed by atoms with E-state index in [4.69, 9.17) is 5.73 Å². The van der Waals surface area contributed by atoms with E-state index < -0.39 is 0 Å². The van der Waals surface area contributed by atoms with Gasteiger partial charge in [0.2, 0.25) is 0 Å². The maximum atomic E-state index is 5.08. The smallest absolute Gasteiger partial charge is 0.0626 e. The molecule has 0 radical (unpaired) electrons. The Morgan fingerprint density at radius 1 is 1.67 bits per heavy atom. The summed E-state index contributed by atoms with van der Waals surface area (Å²) >= 11 is 0. The van der Waals surface area contributed by atoms with Crippen LogP contribution < -0.4 is 5.73 Å². The number of aromatic amines is 1. The Bertz CT molecular complexity index is 310. The number of fused-ring (bicyclic) bond motifs is 1. The minimum atomic E-state index is 0.735. The topological polar surface area (TPSA) is 57.9 Å². The van der Waals surface area contributed by atoms with E-state index in [0.29, 0.717) is 0 Å². The summed E-state index contributed by atoms with van der Waals surface area (Å²) in [5, 5.41) is 6.90. The molecule has 4 nitrogen and oxygen atoms in total. The van der Waals surface area contributed by atoms with E-state index in [1.54, 1.807) is 0 Å². The number of aromatic nitrogens is 2. The summed E-state index contributed by atoms with van der Waals surface area (Å²) < 4.78 is 0. The van der Waals surface area contributed by atoms with Crippen LogP contribution in [0, 0.1) is 12.0 Å². The molecule has 1 aromatic heterocycles. The first kappa shape index (κ1) is 7.19. The zero-order valence-electron chi connectivity index (χ0n) is 6.67. The Balaban J connectivity index is 2.01. The van der Waals surface area contributed by atoms with Gasteiger partial charge in [0, 0.05) is 24.7 Å². The van der Waals surface area contributed by atoms with Crippen LogP contribution in [0.2, 0.25) is 0 Å². The molecule has 0 saturated heterocycles. The van der Waals surface area contributed by atoms with Crippen molar-refractivity contribution in [1.82, 2.24) is 15.1 Å². The first-order chi connectivity index (χ1) is 5.90. The molecule has 1 aliphatic heterocycles. The summed E-state index contributed by atoms with van der Waals surface area (Å²) in [6.45, 7) is 2.57. The number of hydrogen-bond acceptors (Lipinski definition) is 3. The van der Waals surface area contributed by atoms with Gasteiger partial charge in [0.15, 0.2) is 0 Å². The van der Waals surface area contributed by atoms with Crippen LogP contribution in [-0.4, -0.2) is 21.6 Å². The van der Waals surface area contributed by atoms with E-state index in [9.17, 15) is 0 Å². The van der Waals surface area contributed by atoms with Crippen LogP contribution >= 0.6 is 0 Å². The van der Waals surface area contributed by atoms with E-state index in [0.717, 1.165) is 19.6 Å². The van der Waals surface area contributed by atoms with Crippen molar-refractivity contribution in [2.45, 2.75) is 13.1 Å². The number of hydrogen-bond donors (Lipinski definition) is 2. The number of nitrogens with two attached hydrogens (primary N) is 1. The van der Waals surface area contributed by atoms with Crippen LogP contribution in [0.1, 0.15) is 11.3 Å². The molecule has 0 saturated carbocycles. The summed E-state index contributed by atoms with van der Waals surface area (Å²) in [4.78, 5) is 2.21. The predicted molar refractivity (Wildman–Crippen MR) is 44.7 cm³/mol. The fourth-order valence-electron chi connectivity index (χ4n) is 1.40. The molecule has 12 heavy (non-hydrogen) atoms. The molecular weight excluding hydrogens is 152 g/mol. The summed E-state index contributed by atoms with van der Waals surface area (Å²) in [5.41, 5.74) is 7.55. The zero-order valence-corrected chi connectivity index (χ0v) is 6.67. The highest BCUT2D eigenvalue weighted by molar-refractivity contribution is 5.21. The first-order valence-electron chi connectivity index (χ1n) is 3.82. The highest BCUT2D eigenvalue weighted by Crippen LogP contribution is 2.18. The second-order valence-electron chi connectivity index (χ2n) is 2.84. The Morgan fingerprint density at radius 3 is 3.33 bits per heavy atom. The molecule has 0 bridgehead atoms. The monoisotopic (exact) mass is 162 g/mol. The van der Waals surface area contributed by atoms with Gasteiger partial charge in [0.05, 0.1) is 18.4 Å². The molecule has 2 heterocycles. The van der Waals surface area contributed by atoms with Crippen LogP contribution in [0.4, 0.5) is 0 Å². The molecule has 0 aliphatic carbocycles. The van der Waals surface area contributed by atoms with E-state index >= 15 is 0 Å². The largest absolute Gasteiger partial charge is 0.359 e. The molecule has 3 N–H and O–H groups in total. The Morgan fingerprint density at radius 2 is 2.58 bits per heavy atom. The molecule has 0 amide bonds. The van der Waals surface area contributed by atoms with Crippen molar-refractivity contribution in [1.29, 1.82) is 0 Å². The second-order valence-corrected chi connectivity index (χ2v) is 2.84. The van der Waals surface area contributed by atoms with Gasteiger partial charge in [0.25, 0.3) is 0 Å². The molecule has 62 valence electrons. The summed E-state index contributed by atoms with van der Waals surface area (Å²) in [6.07, 6.45) is 1.87. The second kappa shape index (κ2) is 2.88. The maximum absolute atomic E-state index is 5.08. The van der Waals surface area contributed by atoms with Crippen molar-refractivity contribution in [3.05, 3.63) is 17.5 Å². The quantitative estimate of drug-likeness (QED) is 0.438. The minimum absolute atomic E-state index is 0.735. The predicted octanol–water partition coefficient (Wildman–Crippen LogP) is -0.355. The molecule has 0 fully saturated rings. The van der Waals surface area contributed by atoms with Crippen molar-refractivity contribution in [3.8, 4) is 12.0 Å². The Labute approximate surface area is 70.7 Å². The molecule has 2 rings (SSSR count). The summed E-state index contributed by atoms with van der Waals surface area (Å²) in [5.74, 6) is 2.83.